The molecule has 0 fully saturated rings. The van der Waals surface area contributed by atoms with Gasteiger partial charge < -0.3 is 15.4 Å². The zero-order chi connectivity index (χ0) is 22.6. The van der Waals surface area contributed by atoms with E-state index >= 15 is 0 Å². The zero-order valence-corrected chi connectivity index (χ0v) is 18.6. The molecular weight excluding hydrogens is 384 g/mol. The number of H-pyrrole nitrogens is 1. The summed E-state index contributed by atoms with van der Waals surface area (Å²) in [5.41, 5.74) is 7.04. The van der Waals surface area contributed by atoms with E-state index in [9.17, 15) is 14.4 Å². The van der Waals surface area contributed by atoms with E-state index in [0.717, 1.165) is 23.3 Å². The van der Waals surface area contributed by atoms with Gasteiger partial charge in [0, 0.05) is 13.6 Å². The molecule has 0 radical (unpaired) electrons. The highest BCUT2D eigenvalue weighted by molar-refractivity contribution is 5.97. The predicted molar refractivity (Wildman–Crippen MR) is 119 cm³/mol. The first-order chi connectivity index (χ1) is 14.1. The summed E-state index contributed by atoms with van der Waals surface area (Å²) in [5.74, 6) is 0.485. The third-order valence-corrected chi connectivity index (χ3v) is 5.14. The van der Waals surface area contributed by atoms with Crippen LogP contribution in [-0.4, -0.2) is 28.6 Å². The maximum atomic E-state index is 12.9. The molecule has 0 aliphatic heterocycles. The van der Waals surface area contributed by atoms with Gasteiger partial charge in [-0.3, -0.25) is 19.1 Å². The number of amides is 1. The van der Waals surface area contributed by atoms with E-state index in [0.29, 0.717) is 18.2 Å². The number of carbonyl (C=O) groups is 1. The molecule has 2 aromatic rings. The minimum Gasteiger partial charge on any atom is -0.481 e. The Labute approximate surface area is 176 Å². The molecule has 1 atom stereocenters. The summed E-state index contributed by atoms with van der Waals surface area (Å²) in [6.07, 6.45) is 0.724. The second-order valence-electron chi connectivity index (χ2n) is 7.83. The Hall–Kier alpha value is -3.03. The van der Waals surface area contributed by atoms with Gasteiger partial charge in [-0.25, -0.2) is 4.79 Å². The van der Waals surface area contributed by atoms with Gasteiger partial charge in [-0.1, -0.05) is 33.3 Å². The highest BCUT2D eigenvalue weighted by atomic mass is 16.5. The smallest absolute Gasteiger partial charge is 0.330 e. The summed E-state index contributed by atoms with van der Waals surface area (Å²) in [4.78, 5) is 40.8. The number of rotatable bonds is 8. The molecule has 1 aromatic heterocycles. The number of nitrogens with two attached hydrogens (primary N) is 1. The summed E-state index contributed by atoms with van der Waals surface area (Å²) in [6, 6.07) is 5.71. The van der Waals surface area contributed by atoms with Crippen molar-refractivity contribution in [3.05, 3.63) is 50.2 Å². The third kappa shape index (κ3) is 4.93. The van der Waals surface area contributed by atoms with Crippen molar-refractivity contribution in [2.45, 2.75) is 66.0 Å². The van der Waals surface area contributed by atoms with Crippen molar-refractivity contribution in [2.75, 3.05) is 17.7 Å². The number of aromatic nitrogens is 2. The lowest BCUT2D eigenvalue weighted by atomic mass is 9.98. The number of nitrogen functional groups attached to an aromatic ring is 1. The third-order valence-electron chi connectivity index (χ3n) is 5.14. The number of unbranched alkanes of at least 4 members (excludes halogenated alkanes) is 1. The van der Waals surface area contributed by atoms with E-state index in [4.69, 9.17) is 10.5 Å². The first kappa shape index (κ1) is 23.3. The molecule has 2 rings (SSSR count). The number of benzene rings is 1. The molecule has 1 amide bonds. The van der Waals surface area contributed by atoms with Crippen LogP contribution in [0.15, 0.2) is 27.8 Å². The Morgan fingerprint density at radius 3 is 2.50 bits per heavy atom. The number of likely N-dealkylation sites (N-methyl/N-ethyl adjacent to an activating group) is 1. The van der Waals surface area contributed by atoms with Crippen LogP contribution in [0.25, 0.3) is 0 Å². The maximum Gasteiger partial charge on any atom is 0.330 e. The highest BCUT2D eigenvalue weighted by Crippen LogP contribution is 2.25. The Morgan fingerprint density at radius 2 is 1.93 bits per heavy atom. The largest absolute Gasteiger partial charge is 0.481 e. The standard InChI is InChI=1S/C22H32N4O4/c1-7-8-11-26-19(23)18(20(27)24-22(26)29)25(6)21(28)15(5)30-16-9-10-17(13(2)3)14(4)12-16/h9-10,12-13,15H,7-8,11,23H2,1-6H3,(H,24,27,29)/t15-/m0/s1. The van der Waals surface area contributed by atoms with Gasteiger partial charge >= 0.3 is 5.69 Å². The molecule has 3 N–H and O–H groups in total. The van der Waals surface area contributed by atoms with E-state index in [1.165, 1.54) is 17.2 Å². The van der Waals surface area contributed by atoms with Crippen molar-refractivity contribution < 1.29 is 9.53 Å². The molecule has 164 valence electrons. The molecule has 0 saturated heterocycles. The number of nitrogens with one attached hydrogen (secondary N) is 1. The molecule has 0 aliphatic rings. The van der Waals surface area contributed by atoms with Crippen LogP contribution in [0, 0.1) is 6.92 Å². The van der Waals surface area contributed by atoms with Crippen molar-refractivity contribution in [3.63, 3.8) is 0 Å². The van der Waals surface area contributed by atoms with Crippen LogP contribution in [0.5, 0.6) is 5.75 Å². The molecule has 30 heavy (non-hydrogen) atoms. The molecule has 8 nitrogen and oxygen atoms in total. The van der Waals surface area contributed by atoms with E-state index in [1.54, 1.807) is 6.92 Å². The average molecular weight is 417 g/mol. The number of anilines is 2. The van der Waals surface area contributed by atoms with Gasteiger partial charge in [-0.05, 0) is 49.4 Å². The first-order valence-electron chi connectivity index (χ1n) is 10.3. The summed E-state index contributed by atoms with van der Waals surface area (Å²) in [5, 5.41) is 0. The molecule has 0 spiro atoms. The fourth-order valence-electron chi connectivity index (χ4n) is 3.45. The van der Waals surface area contributed by atoms with Gasteiger partial charge in [-0.15, -0.1) is 0 Å². The summed E-state index contributed by atoms with van der Waals surface area (Å²) in [7, 11) is 1.45. The molecule has 8 heteroatoms. The van der Waals surface area contributed by atoms with Gasteiger partial charge in [0.1, 0.15) is 11.6 Å². The number of hydrogen-bond acceptors (Lipinski definition) is 5. The second-order valence-corrected chi connectivity index (χ2v) is 7.83. The van der Waals surface area contributed by atoms with Gasteiger partial charge in [0.05, 0.1) is 0 Å². The second kappa shape index (κ2) is 9.65. The van der Waals surface area contributed by atoms with Crippen LogP contribution in [0.1, 0.15) is 57.6 Å². The molecule has 1 heterocycles. The van der Waals surface area contributed by atoms with E-state index in [1.807, 2.05) is 32.0 Å². The van der Waals surface area contributed by atoms with Gasteiger partial charge in [0.15, 0.2) is 11.8 Å². The Bertz CT molecular complexity index is 1020. The number of hydrogen-bond donors (Lipinski definition) is 2. The fraction of sp³-hybridized carbons (Fsp3) is 0.500. The average Bonchev–Trinajstić information content (AvgIpc) is 2.66. The van der Waals surface area contributed by atoms with Crippen LogP contribution in [0.2, 0.25) is 0 Å². The van der Waals surface area contributed by atoms with Crippen molar-refractivity contribution in [3.8, 4) is 5.75 Å². The van der Waals surface area contributed by atoms with E-state index < -0.39 is 23.3 Å². The van der Waals surface area contributed by atoms with Crippen LogP contribution >= 0.6 is 0 Å². The Kier molecular flexibility index (Phi) is 7.48. The molecule has 0 bridgehead atoms. The van der Waals surface area contributed by atoms with Crippen LogP contribution in [-0.2, 0) is 11.3 Å². The first-order valence-corrected chi connectivity index (χ1v) is 10.3. The van der Waals surface area contributed by atoms with Gasteiger partial charge in [-0.2, -0.15) is 0 Å². The van der Waals surface area contributed by atoms with Crippen LogP contribution in [0.3, 0.4) is 0 Å². The van der Waals surface area contributed by atoms with Crippen LogP contribution in [0.4, 0.5) is 11.5 Å². The zero-order valence-electron chi connectivity index (χ0n) is 18.6. The van der Waals surface area contributed by atoms with Crippen molar-refractivity contribution in [1.29, 1.82) is 0 Å². The number of aromatic amines is 1. The molecular formula is C22H32N4O4. The Balaban J connectivity index is 2.27. The number of ether oxygens (including phenoxy) is 1. The number of nitrogens with zero attached hydrogens (tertiary/aromatic N) is 2. The van der Waals surface area contributed by atoms with Crippen molar-refractivity contribution in [1.82, 2.24) is 9.55 Å². The molecule has 1 aromatic carbocycles. The van der Waals surface area contributed by atoms with E-state index in [-0.39, 0.29) is 11.5 Å². The topological polar surface area (TPSA) is 110 Å². The van der Waals surface area contributed by atoms with Crippen LogP contribution < -0.4 is 26.6 Å². The Morgan fingerprint density at radius 1 is 1.27 bits per heavy atom. The minimum absolute atomic E-state index is 0.0302. The normalized spacial score (nSPS) is 12.1. The fourth-order valence-corrected chi connectivity index (χ4v) is 3.45. The molecule has 0 aliphatic carbocycles. The highest BCUT2D eigenvalue weighted by Gasteiger charge is 2.26. The quantitative estimate of drug-likeness (QED) is 0.687. The van der Waals surface area contributed by atoms with Crippen molar-refractivity contribution >= 4 is 17.4 Å². The van der Waals surface area contributed by atoms with Gasteiger partial charge in [0.25, 0.3) is 11.5 Å². The van der Waals surface area contributed by atoms with Crippen molar-refractivity contribution in [2.24, 2.45) is 0 Å². The maximum absolute atomic E-state index is 12.9. The minimum atomic E-state index is -0.853. The molecule has 0 saturated carbocycles. The monoisotopic (exact) mass is 416 g/mol. The van der Waals surface area contributed by atoms with E-state index in [2.05, 4.69) is 18.8 Å². The summed E-state index contributed by atoms with van der Waals surface area (Å²) >= 11 is 0. The summed E-state index contributed by atoms with van der Waals surface area (Å²) < 4.78 is 7.10. The lowest BCUT2D eigenvalue weighted by Crippen LogP contribution is -2.43. The lowest BCUT2D eigenvalue weighted by Gasteiger charge is -2.24. The lowest BCUT2D eigenvalue weighted by molar-refractivity contribution is -0.124. The number of carbonyl (C=O) groups excluding carboxylic acids is 1. The molecule has 0 unspecified atom stereocenters. The number of aryl methyl sites for hydroxylation is 1. The predicted octanol–water partition coefficient (Wildman–Crippen LogP) is 2.78. The SMILES string of the molecule is CCCCn1c(N)c(N(C)C(=O)[C@H](C)Oc2ccc(C(C)C)c(C)c2)c(=O)[nH]c1=O. The summed E-state index contributed by atoms with van der Waals surface area (Å²) in [6.45, 7) is 10.2. The van der Waals surface area contributed by atoms with Gasteiger partial charge in [0.2, 0.25) is 0 Å².